The molecule has 2 aliphatic heterocycles. The van der Waals surface area contributed by atoms with Gasteiger partial charge in [0.1, 0.15) is 0 Å². The van der Waals surface area contributed by atoms with E-state index in [2.05, 4.69) is 21.9 Å². The van der Waals surface area contributed by atoms with Crippen molar-refractivity contribution in [1.82, 2.24) is 9.80 Å². The summed E-state index contributed by atoms with van der Waals surface area (Å²) >= 11 is 0. The summed E-state index contributed by atoms with van der Waals surface area (Å²) in [4.78, 5) is 16.5. The lowest BCUT2D eigenvalue weighted by Crippen LogP contribution is -2.42. The maximum atomic E-state index is 11.9. The van der Waals surface area contributed by atoms with Gasteiger partial charge in [0.2, 0.25) is 5.91 Å². The summed E-state index contributed by atoms with van der Waals surface area (Å²) in [6.45, 7) is 5.19. The minimum Gasteiger partial charge on any atom is -0.399 e. The van der Waals surface area contributed by atoms with Crippen molar-refractivity contribution in [2.45, 2.75) is 38.6 Å². The largest absolute Gasteiger partial charge is 0.399 e. The third kappa shape index (κ3) is 4.01. The van der Waals surface area contributed by atoms with Gasteiger partial charge in [0.25, 0.3) is 0 Å². The zero-order chi connectivity index (χ0) is 15.4. The molecule has 3 rings (SSSR count). The molecule has 4 heteroatoms. The molecule has 120 valence electrons. The number of rotatable bonds is 4. The van der Waals surface area contributed by atoms with E-state index in [0.29, 0.717) is 11.8 Å². The molecule has 0 bridgehead atoms. The molecule has 0 aromatic heterocycles. The van der Waals surface area contributed by atoms with Crippen molar-refractivity contribution in [3.8, 4) is 0 Å². The Morgan fingerprint density at radius 2 is 1.95 bits per heavy atom. The maximum absolute atomic E-state index is 11.9. The lowest BCUT2D eigenvalue weighted by Gasteiger charge is -2.36. The molecule has 0 spiro atoms. The predicted octanol–water partition coefficient (Wildman–Crippen LogP) is 2.49. The van der Waals surface area contributed by atoms with Crippen molar-refractivity contribution in [3.63, 3.8) is 0 Å². The van der Waals surface area contributed by atoms with Crippen molar-refractivity contribution in [3.05, 3.63) is 29.8 Å². The summed E-state index contributed by atoms with van der Waals surface area (Å²) in [6, 6.07) is 8.18. The Morgan fingerprint density at radius 1 is 1.14 bits per heavy atom. The van der Waals surface area contributed by atoms with Crippen molar-refractivity contribution < 1.29 is 4.79 Å². The number of piperidine rings is 2. The lowest BCUT2D eigenvalue weighted by molar-refractivity contribution is -0.134. The van der Waals surface area contributed by atoms with E-state index in [9.17, 15) is 4.79 Å². The van der Waals surface area contributed by atoms with Crippen molar-refractivity contribution in [2.24, 2.45) is 5.92 Å². The molecule has 2 saturated heterocycles. The van der Waals surface area contributed by atoms with Crippen molar-refractivity contribution >= 4 is 11.6 Å². The van der Waals surface area contributed by atoms with Crippen LogP contribution in [-0.2, 0) is 11.3 Å². The molecule has 1 aromatic rings. The van der Waals surface area contributed by atoms with Gasteiger partial charge < -0.3 is 10.6 Å². The molecule has 2 N–H and O–H groups in total. The molecule has 0 unspecified atom stereocenters. The number of carbonyl (C=O) groups excluding carboxylic acids is 1. The highest BCUT2D eigenvalue weighted by Crippen LogP contribution is 2.22. The number of nitrogen functional groups attached to an aromatic ring is 1. The average molecular weight is 301 g/mol. The second-order valence-electron chi connectivity index (χ2n) is 6.76. The van der Waals surface area contributed by atoms with Crippen LogP contribution >= 0.6 is 0 Å². The fourth-order valence-corrected chi connectivity index (χ4v) is 3.64. The molecule has 1 amide bonds. The third-order valence-corrected chi connectivity index (χ3v) is 4.96. The molecule has 0 radical (unpaired) electrons. The van der Waals surface area contributed by atoms with Gasteiger partial charge in [-0.3, -0.25) is 9.69 Å². The summed E-state index contributed by atoms with van der Waals surface area (Å²) in [7, 11) is 0. The molecular weight excluding hydrogens is 274 g/mol. The lowest BCUT2D eigenvalue weighted by atomic mass is 9.95. The van der Waals surface area contributed by atoms with Crippen LogP contribution in [0.2, 0.25) is 0 Å². The maximum Gasteiger partial charge on any atom is 0.222 e. The van der Waals surface area contributed by atoms with Gasteiger partial charge >= 0.3 is 0 Å². The van der Waals surface area contributed by atoms with Crippen LogP contribution < -0.4 is 5.73 Å². The van der Waals surface area contributed by atoms with Crippen LogP contribution in [0.5, 0.6) is 0 Å². The number of benzene rings is 1. The summed E-state index contributed by atoms with van der Waals surface area (Å²) in [5.74, 6) is 1.05. The second-order valence-corrected chi connectivity index (χ2v) is 6.76. The molecule has 2 fully saturated rings. The summed E-state index contributed by atoms with van der Waals surface area (Å²) in [6.07, 6.45) is 5.42. The van der Waals surface area contributed by atoms with Crippen LogP contribution in [0.15, 0.2) is 24.3 Å². The molecular formula is C18H27N3O. The van der Waals surface area contributed by atoms with E-state index >= 15 is 0 Å². The molecule has 0 saturated carbocycles. The van der Waals surface area contributed by atoms with Gasteiger partial charge in [0.05, 0.1) is 0 Å². The van der Waals surface area contributed by atoms with E-state index in [1.165, 1.54) is 24.8 Å². The van der Waals surface area contributed by atoms with Crippen LogP contribution in [0, 0.1) is 5.92 Å². The Bertz CT molecular complexity index is 509. The summed E-state index contributed by atoms with van der Waals surface area (Å²) < 4.78 is 0. The number of nitrogens with two attached hydrogens (primary N) is 1. The van der Waals surface area contributed by atoms with Crippen LogP contribution in [0.25, 0.3) is 0 Å². The van der Waals surface area contributed by atoms with Gasteiger partial charge in [-0.25, -0.2) is 0 Å². The van der Waals surface area contributed by atoms with E-state index in [1.807, 2.05) is 12.1 Å². The minimum absolute atomic E-state index is 0.369. The quantitative estimate of drug-likeness (QED) is 0.869. The van der Waals surface area contributed by atoms with Crippen LogP contribution in [0.3, 0.4) is 0 Å². The Morgan fingerprint density at radius 3 is 2.68 bits per heavy atom. The highest BCUT2D eigenvalue weighted by atomic mass is 16.2. The first-order chi connectivity index (χ1) is 10.7. The molecule has 0 aliphatic carbocycles. The number of likely N-dealkylation sites (tertiary alicyclic amines) is 2. The van der Waals surface area contributed by atoms with Crippen LogP contribution in [0.1, 0.15) is 37.7 Å². The van der Waals surface area contributed by atoms with Crippen molar-refractivity contribution in [1.29, 1.82) is 0 Å². The first kappa shape index (κ1) is 15.3. The zero-order valence-corrected chi connectivity index (χ0v) is 13.3. The Labute approximate surface area is 133 Å². The van der Waals surface area contributed by atoms with E-state index in [1.54, 1.807) is 0 Å². The van der Waals surface area contributed by atoms with Gasteiger partial charge in [0.15, 0.2) is 0 Å². The Hall–Kier alpha value is -1.55. The number of hydrogen-bond acceptors (Lipinski definition) is 3. The first-order valence-corrected chi connectivity index (χ1v) is 8.55. The monoisotopic (exact) mass is 301 g/mol. The van der Waals surface area contributed by atoms with Crippen LogP contribution in [0.4, 0.5) is 5.69 Å². The Balaban J connectivity index is 1.45. The number of hydrogen-bond donors (Lipinski definition) is 1. The van der Waals surface area contributed by atoms with Crippen molar-refractivity contribution in [2.75, 3.05) is 31.9 Å². The fraction of sp³-hybridized carbons (Fsp3) is 0.611. The topological polar surface area (TPSA) is 49.6 Å². The van der Waals surface area contributed by atoms with E-state index in [0.717, 1.165) is 51.3 Å². The third-order valence-electron chi connectivity index (χ3n) is 4.96. The SMILES string of the molecule is Nc1cccc(CN2CCC(CN3CCCCC3=O)CC2)c1. The van der Waals surface area contributed by atoms with Crippen LogP contribution in [-0.4, -0.2) is 41.9 Å². The standard InChI is InChI=1S/C18H27N3O/c19-17-5-3-4-16(12-17)13-20-10-7-15(8-11-20)14-21-9-2-1-6-18(21)22/h3-5,12,15H,1-2,6-11,13-14,19H2. The van der Waals surface area contributed by atoms with E-state index in [-0.39, 0.29) is 0 Å². The molecule has 2 heterocycles. The summed E-state index contributed by atoms with van der Waals surface area (Å²) in [5, 5.41) is 0. The van der Waals surface area contributed by atoms with Gasteiger partial charge in [-0.1, -0.05) is 12.1 Å². The minimum atomic E-state index is 0.369. The van der Waals surface area contributed by atoms with Gasteiger partial charge in [-0.15, -0.1) is 0 Å². The zero-order valence-electron chi connectivity index (χ0n) is 13.3. The number of nitrogens with zero attached hydrogens (tertiary/aromatic N) is 2. The molecule has 1 aromatic carbocycles. The number of carbonyl (C=O) groups is 1. The average Bonchev–Trinajstić information content (AvgIpc) is 2.52. The second kappa shape index (κ2) is 7.14. The predicted molar refractivity (Wildman–Crippen MR) is 89.3 cm³/mol. The summed E-state index contributed by atoms with van der Waals surface area (Å²) in [5.41, 5.74) is 7.99. The Kier molecular flexibility index (Phi) is 4.98. The fourth-order valence-electron chi connectivity index (χ4n) is 3.64. The molecule has 22 heavy (non-hydrogen) atoms. The normalized spacial score (nSPS) is 21.3. The van der Waals surface area contributed by atoms with Gasteiger partial charge in [0, 0.05) is 31.7 Å². The smallest absolute Gasteiger partial charge is 0.222 e. The molecule has 2 aliphatic rings. The van der Waals surface area contributed by atoms with E-state index < -0.39 is 0 Å². The van der Waals surface area contributed by atoms with E-state index in [4.69, 9.17) is 5.73 Å². The van der Waals surface area contributed by atoms with Gasteiger partial charge in [-0.2, -0.15) is 0 Å². The highest BCUT2D eigenvalue weighted by Gasteiger charge is 2.25. The molecule has 4 nitrogen and oxygen atoms in total. The van der Waals surface area contributed by atoms with Gasteiger partial charge in [-0.05, 0) is 62.4 Å². The molecule has 0 atom stereocenters. The number of anilines is 1. The number of amides is 1. The highest BCUT2D eigenvalue weighted by molar-refractivity contribution is 5.76. The first-order valence-electron chi connectivity index (χ1n) is 8.55.